The van der Waals surface area contributed by atoms with Crippen LogP contribution in [0.25, 0.3) is 0 Å². The maximum absolute atomic E-state index is 13.7. The first-order chi connectivity index (χ1) is 12.1. The molecule has 2 amide bonds. The molecule has 2 aromatic heterocycles. The van der Waals surface area contributed by atoms with Gasteiger partial charge in [-0.2, -0.15) is 5.10 Å². The van der Waals surface area contributed by atoms with Crippen molar-refractivity contribution < 1.29 is 22.8 Å². The van der Waals surface area contributed by atoms with Crippen molar-refractivity contribution in [3.8, 4) is 0 Å². The van der Waals surface area contributed by atoms with E-state index in [2.05, 4.69) is 20.8 Å². The molecule has 0 aliphatic rings. The van der Waals surface area contributed by atoms with Crippen LogP contribution >= 0.6 is 0 Å². The second kappa shape index (κ2) is 6.95. The SMILES string of the molecule is O=C(NCc1ccco1)c1n[nH]cc1NC(=O)c1c(F)cccc1F. The van der Waals surface area contributed by atoms with Crippen LogP contribution in [-0.4, -0.2) is 22.0 Å². The summed E-state index contributed by atoms with van der Waals surface area (Å²) in [6, 6.07) is 6.42. The Labute approximate surface area is 140 Å². The second-order valence-corrected chi connectivity index (χ2v) is 4.96. The summed E-state index contributed by atoms with van der Waals surface area (Å²) in [6.45, 7) is 0.119. The number of aromatic nitrogens is 2. The van der Waals surface area contributed by atoms with Crippen LogP contribution in [0.15, 0.2) is 47.2 Å². The summed E-state index contributed by atoms with van der Waals surface area (Å²) in [4.78, 5) is 24.2. The van der Waals surface area contributed by atoms with Crippen molar-refractivity contribution in [2.75, 3.05) is 5.32 Å². The maximum atomic E-state index is 13.7. The van der Waals surface area contributed by atoms with Crippen LogP contribution in [0.2, 0.25) is 0 Å². The number of H-pyrrole nitrogens is 1. The first-order valence-corrected chi connectivity index (χ1v) is 7.16. The summed E-state index contributed by atoms with van der Waals surface area (Å²) < 4.78 is 32.4. The highest BCUT2D eigenvalue weighted by atomic mass is 19.1. The van der Waals surface area contributed by atoms with Gasteiger partial charge in [0.25, 0.3) is 11.8 Å². The third kappa shape index (κ3) is 3.55. The van der Waals surface area contributed by atoms with Crippen molar-refractivity contribution in [1.82, 2.24) is 15.5 Å². The predicted octanol–water partition coefficient (Wildman–Crippen LogP) is 2.46. The standard InChI is InChI=1S/C16H12F2N4O3/c17-10-4-1-5-11(18)13(10)15(23)21-12-8-20-22-14(12)16(24)19-7-9-3-2-6-25-9/h1-6,8H,7H2,(H,19,24)(H,20,22)(H,21,23). The molecular formula is C16H12F2N4O3. The number of furan rings is 1. The van der Waals surface area contributed by atoms with Crippen LogP contribution in [0.3, 0.4) is 0 Å². The van der Waals surface area contributed by atoms with Gasteiger partial charge in [-0.15, -0.1) is 0 Å². The molecule has 0 aliphatic carbocycles. The lowest BCUT2D eigenvalue weighted by Crippen LogP contribution is -2.25. The molecule has 128 valence electrons. The van der Waals surface area contributed by atoms with Gasteiger partial charge in [-0.05, 0) is 24.3 Å². The monoisotopic (exact) mass is 346 g/mol. The summed E-state index contributed by atoms with van der Waals surface area (Å²) >= 11 is 0. The van der Waals surface area contributed by atoms with Crippen LogP contribution in [0.1, 0.15) is 26.6 Å². The van der Waals surface area contributed by atoms with Crippen molar-refractivity contribution in [3.63, 3.8) is 0 Å². The number of carbonyl (C=O) groups excluding carboxylic acids is 2. The van der Waals surface area contributed by atoms with E-state index in [4.69, 9.17) is 4.42 Å². The zero-order valence-corrected chi connectivity index (χ0v) is 12.7. The predicted molar refractivity (Wildman–Crippen MR) is 82.8 cm³/mol. The molecule has 0 bridgehead atoms. The maximum Gasteiger partial charge on any atom is 0.274 e. The van der Waals surface area contributed by atoms with Crippen molar-refractivity contribution in [2.45, 2.75) is 6.54 Å². The Balaban J connectivity index is 1.73. The van der Waals surface area contributed by atoms with Crippen LogP contribution < -0.4 is 10.6 Å². The molecule has 7 nitrogen and oxygen atoms in total. The number of aromatic amines is 1. The minimum absolute atomic E-state index is 0.00963. The summed E-state index contributed by atoms with van der Waals surface area (Å²) in [7, 11) is 0. The van der Waals surface area contributed by atoms with E-state index in [1.165, 1.54) is 12.5 Å². The number of amides is 2. The van der Waals surface area contributed by atoms with E-state index in [1.807, 2.05) is 0 Å². The Hall–Kier alpha value is -3.49. The number of carbonyl (C=O) groups is 2. The van der Waals surface area contributed by atoms with Crippen LogP contribution in [0, 0.1) is 11.6 Å². The van der Waals surface area contributed by atoms with Gasteiger partial charge < -0.3 is 15.1 Å². The summed E-state index contributed by atoms with van der Waals surface area (Å²) in [6.07, 6.45) is 2.70. The Bertz CT molecular complexity index is 886. The molecule has 0 saturated carbocycles. The van der Waals surface area contributed by atoms with Crippen molar-refractivity contribution >= 4 is 17.5 Å². The van der Waals surface area contributed by atoms with E-state index < -0.39 is 29.0 Å². The first kappa shape index (κ1) is 16.4. The molecule has 0 aliphatic heterocycles. The molecular weight excluding hydrogens is 334 g/mol. The molecule has 1 aromatic carbocycles. The highest BCUT2D eigenvalue weighted by molar-refractivity contribution is 6.08. The fraction of sp³-hybridized carbons (Fsp3) is 0.0625. The molecule has 9 heteroatoms. The molecule has 3 N–H and O–H groups in total. The van der Waals surface area contributed by atoms with E-state index in [0.717, 1.165) is 18.2 Å². The van der Waals surface area contributed by atoms with Crippen molar-refractivity contribution in [1.29, 1.82) is 0 Å². The Morgan fingerprint density at radius 2 is 1.88 bits per heavy atom. The largest absolute Gasteiger partial charge is 0.467 e. The molecule has 2 heterocycles. The van der Waals surface area contributed by atoms with Gasteiger partial charge in [0.1, 0.15) is 23.0 Å². The number of nitrogens with one attached hydrogen (secondary N) is 3. The lowest BCUT2D eigenvalue weighted by molar-refractivity contribution is 0.0944. The fourth-order valence-corrected chi connectivity index (χ4v) is 2.12. The highest BCUT2D eigenvalue weighted by Crippen LogP contribution is 2.17. The van der Waals surface area contributed by atoms with Crippen LogP contribution in [-0.2, 0) is 6.54 Å². The van der Waals surface area contributed by atoms with Gasteiger partial charge in [0.15, 0.2) is 5.69 Å². The number of rotatable bonds is 5. The van der Waals surface area contributed by atoms with Gasteiger partial charge in [0, 0.05) is 6.20 Å². The quantitative estimate of drug-likeness (QED) is 0.661. The number of benzene rings is 1. The second-order valence-electron chi connectivity index (χ2n) is 4.96. The third-order valence-electron chi connectivity index (χ3n) is 3.30. The topological polar surface area (TPSA) is 100 Å². The lowest BCUT2D eigenvalue weighted by atomic mass is 10.2. The molecule has 0 radical (unpaired) electrons. The smallest absolute Gasteiger partial charge is 0.274 e. The summed E-state index contributed by atoms with van der Waals surface area (Å²) in [5, 5.41) is 11.0. The normalized spacial score (nSPS) is 10.5. The van der Waals surface area contributed by atoms with Gasteiger partial charge in [-0.3, -0.25) is 14.7 Å². The molecule has 3 aromatic rings. The van der Waals surface area contributed by atoms with E-state index in [-0.39, 0.29) is 17.9 Å². The van der Waals surface area contributed by atoms with Crippen LogP contribution in [0.5, 0.6) is 0 Å². The van der Waals surface area contributed by atoms with E-state index >= 15 is 0 Å². The van der Waals surface area contributed by atoms with Gasteiger partial charge in [0.05, 0.1) is 18.5 Å². The first-order valence-electron chi connectivity index (χ1n) is 7.16. The Morgan fingerprint density at radius 3 is 2.56 bits per heavy atom. The molecule has 0 fully saturated rings. The van der Waals surface area contributed by atoms with E-state index in [0.29, 0.717) is 5.76 Å². The number of nitrogens with zero attached hydrogens (tertiary/aromatic N) is 1. The Morgan fingerprint density at radius 1 is 1.12 bits per heavy atom. The minimum Gasteiger partial charge on any atom is -0.467 e. The molecule has 0 saturated heterocycles. The average Bonchev–Trinajstić information content (AvgIpc) is 3.24. The lowest BCUT2D eigenvalue weighted by Gasteiger charge is -2.07. The molecule has 0 atom stereocenters. The summed E-state index contributed by atoms with van der Waals surface area (Å²) in [5.41, 5.74) is -0.883. The molecule has 3 rings (SSSR count). The zero-order chi connectivity index (χ0) is 17.8. The summed E-state index contributed by atoms with van der Waals surface area (Å²) in [5.74, 6) is -3.11. The number of hydrogen-bond acceptors (Lipinski definition) is 4. The minimum atomic E-state index is -1.03. The molecule has 0 unspecified atom stereocenters. The molecule has 0 spiro atoms. The van der Waals surface area contributed by atoms with Crippen molar-refractivity contribution in [3.05, 3.63) is 71.4 Å². The molecule has 25 heavy (non-hydrogen) atoms. The van der Waals surface area contributed by atoms with Gasteiger partial charge in [-0.1, -0.05) is 6.07 Å². The van der Waals surface area contributed by atoms with Gasteiger partial charge >= 0.3 is 0 Å². The van der Waals surface area contributed by atoms with Crippen LogP contribution in [0.4, 0.5) is 14.5 Å². The van der Waals surface area contributed by atoms with E-state index in [9.17, 15) is 18.4 Å². The average molecular weight is 346 g/mol. The van der Waals surface area contributed by atoms with Gasteiger partial charge in [0.2, 0.25) is 0 Å². The fourth-order valence-electron chi connectivity index (χ4n) is 2.12. The zero-order valence-electron chi connectivity index (χ0n) is 12.7. The number of hydrogen-bond donors (Lipinski definition) is 3. The number of halogens is 2. The third-order valence-corrected chi connectivity index (χ3v) is 3.30. The van der Waals surface area contributed by atoms with E-state index in [1.54, 1.807) is 12.1 Å². The Kier molecular flexibility index (Phi) is 4.55. The highest BCUT2D eigenvalue weighted by Gasteiger charge is 2.21. The van der Waals surface area contributed by atoms with Gasteiger partial charge in [-0.25, -0.2) is 8.78 Å². The van der Waals surface area contributed by atoms with Crippen molar-refractivity contribution in [2.24, 2.45) is 0 Å². The number of anilines is 1.